The number of ketones is 2. The predicted octanol–water partition coefficient (Wildman–Crippen LogP) is 2.02. The van der Waals surface area contributed by atoms with Gasteiger partial charge in [0.2, 0.25) is 5.78 Å². The monoisotopic (exact) mass is 476 g/mol. The van der Waals surface area contributed by atoms with Gasteiger partial charge in [0.1, 0.15) is 23.5 Å². The van der Waals surface area contributed by atoms with Crippen molar-refractivity contribution in [1.29, 1.82) is 0 Å². The average molecular weight is 476 g/mol. The maximum atomic E-state index is 13.4. The highest BCUT2D eigenvalue weighted by atomic mass is 16.8. The van der Waals surface area contributed by atoms with Crippen molar-refractivity contribution in [1.82, 2.24) is 0 Å². The average Bonchev–Trinajstić information content (AvgIpc) is 3.20. The molecular formula is C25H20N2O8. The van der Waals surface area contributed by atoms with Gasteiger partial charge in [0, 0.05) is 17.2 Å². The van der Waals surface area contributed by atoms with E-state index in [0.717, 1.165) is 0 Å². The van der Waals surface area contributed by atoms with Crippen molar-refractivity contribution in [2.45, 2.75) is 6.10 Å². The first-order valence-electron chi connectivity index (χ1n) is 10.5. The number of benzene rings is 3. The van der Waals surface area contributed by atoms with Crippen LogP contribution in [0.1, 0.15) is 32.4 Å². The van der Waals surface area contributed by atoms with E-state index in [1.165, 1.54) is 43.5 Å². The van der Waals surface area contributed by atoms with E-state index in [1.54, 1.807) is 36.4 Å². The molecule has 10 nitrogen and oxygen atoms in total. The van der Waals surface area contributed by atoms with Gasteiger partial charge in [-0.1, -0.05) is 48.5 Å². The Morgan fingerprint density at radius 1 is 1.06 bits per heavy atom. The van der Waals surface area contributed by atoms with Gasteiger partial charge in [-0.2, -0.15) is 5.23 Å². The van der Waals surface area contributed by atoms with Crippen molar-refractivity contribution < 1.29 is 39.1 Å². The summed E-state index contributed by atoms with van der Waals surface area (Å²) in [5, 5.41) is 22.1. The Balaban J connectivity index is 1.71. The summed E-state index contributed by atoms with van der Waals surface area (Å²) in [6.45, 7) is 0. The Bertz CT molecular complexity index is 1310. The first-order valence-corrected chi connectivity index (χ1v) is 10.5. The number of methoxy groups -OCH3 is 1. The first kappa shape index (κ1) is 23.8. The molecular weight excluding hydrogens is 456 g/mol. The van der Waals surface area contributed by atoms with Crippen LogP contribution < -0.4 is 15.3 Å². The van der Waals surface area contributed by atoms with E-state index < -0.39 is 40.7 Å². The molecule has 3 aromatic rings. The Kier molecular flexibility index (Phi) is 6.69. The lowest BCUT2D eigenvalue weighted by Gasteiger charge is -2.21. The van der Waals surface area contributed by atoms with E-state index in [4.69, 9.17) is 9.47 Å². The molecule has 3 atom stereocenters. The van der Waals surface area contributed by atoms with Gasteiger partial charge < -0.3 is 20.0 Å². The molecule has 0 fully saturated rings. The number of rotatable bonds is 8. The molecule has 35 heavy (non-hydrogen) atoms. The quantitative estimate of drug-likeness (QED) is 0.147. The molecule has 178 valence electrons. The van der Waals surface area contributed by atoms with Crippen LogP contribution in [0.5, 0.6) is 5.75 Å². The molecule has 1 heterocycles. The molecule has 0 radical (unpaired) electrons. The van der Waals surface area contributed by atoms with E-state index in [1.807, 2.05) is 0 Å². The molecule has 0 saturated heterocycles. The van der Waals surface area contributed by atoms with Crippen LogP contribution in [0.3, 0.4) is 0 Å². The van der Waals surface area contributed by atoms with Crippen molar-refractivity contribution in [3.05, 3.63) is 94.7 Å². The zero-order valence-electron chi connectivity index (χ0n) is 18.4. The third-order valence-corrected chi connectivity index (χ3v) is 5.58. The number of amides is 1. The van der Waals surface area contributed by atoms with Gasteiger partial charge in [0.05, 0.1) is 12.7 Å². The Labute approximate surface area is 199 Å². The van der Waals surface area contributed by atoms with Crippen LogP contribution >= 0.6 is 0 Å². The summed E-state index contributed by atoms with van der Waals surface area (Å²) < 4.78 is 10.4. The van der Waals surface area contributed by atoms with Crippen LogP contribution in [-0.2, 0) is 14.3 Å². The molecule has 3 N–H and O–H groups in total. The molecule has 3 unspecified atom stereocenters. The van der Waals surface area contributed by atoms with Gasteiger partial charge in [-0.3, -0.25) is 14.4 Å². The van der Waals surface area contributed by atoms with Crippen molar-refractivity contribution in [2.24, 2.45) is 5.92 Å². The number of quaternary nitrogens is 1. The molecule has 0 aromatic heterocycles. The molecule has 1 aliphatic rings. The van der Waals surface area contributed by atoms with Crippen molar-refractivity contribution in [3.63, 3.8) is 0 Å². The number of cyclic esters (lactones) is 1. The Hall–Kier alpha value is -4.38. The zero-order valence-corrected chi connectivity index (χ0v) is 18.4. The van der Waals surface area contributed by atoms with Gasteiger partial charge >= 0.3 is 5.97 Å². The third kappa shape index (κ3) is 4.66. The Morgan fingerprint density at radius 3 is 2.43 bits per heavy atom. The van der Waals surface area contributed by atoms with Crippen LogP contribution in [0.2, 0.25) is 0 Å². The summed E-state index contributed by atoms with van der Waals surface area (Å²) in [7, 11) is 1.35. The van der Waals surface area contributed by atoms with Crippen LogP contribution in [0.25, 0.3) is 0 Å². The van der Waals surface area contributed by atoms with Crippen molar-refractivity contribution >= 4 is 34.8 Å². The molecule has 1 amide bonds. The lowest BCUT2D eigenvalue weighted by atomic mass is 9.84. The van der Waals surface area contributed by atoms with E-state index in [-0.39, 0.29) is 28.3 Å². The van der Waals surface area contributed by atoms with Gasteiger partial charge in [-0.05, 0) is 18.2 Å². The largest absolute Gasteiger partial charge is 0.595 e. The van der Waals surface area contributed by atoms with Gasteiger partial charge in [-0.25, -0.2) is 10.0 Å². The summed E-state index contributed by atoms with van der Waals surface area (Å²) in [5.41, 5.74) is 0.179. The minimum absolute atomic E-state index is 0.148. The molecule has 3 aromatic carbocycles. The fourth-order valence-corrected chi connectivity index (χ4v) is 3.86. The highest BCUT2D eigenvalue weighted by Gasteiger charge is 2.46. The normalized spacial score (nSPS) is 16.0. The number of nitrogens with one attached hydrogen (secondary N) is 2. The minimum Gasteiger partial charge on any atom is -0.595 e. The summed E-state index contributed by atoms with van der Waals surface area (Å²) >= 11 is 0. The van der Waals surface area contributed by atoms with Gasteiger partial charge in [0.25, 0.3) is 5.91 Å². The number of fused-ring (bicyclic) bond motifs is 1. The predicted molar refractivity (Wildman–Crippen MR) is 121 cm³/mol. The number of anilines is 1. The second kappa shape index (κ2) is 9.85. The summed E-state index contributed by atoms with van der Waals surface area (Å²) in [4.78, 5) is 52.1. The third-order valence-electron chi connectivity index (χ3n) is 5.58. The van der Waals surface area contributed by atoms with Crippen LogP contribution in [-0.4, -0.2) is 35.8 Å². The fourth-order valence-electron chi connectivity index (χ4n) is 3.86. The van der Waals surface area contributed by atoms with Crippen LogP contribution in [0.4, 0.5) is 11.4 Å². The first-order chi connectivity index (χ1) is 16.8. The van der Waals surface area contributed by atoms with E-state index in [0.29, 0.717) is 5.56 Å². The molecule has 0 bridgehead atoms. The lowest BCUT2D eigenvalue weighted by Crippen LogP contribution is -2.99. The standard InChI is InChI=1S/C25H20N2O8/c1-34-15-11-12-18(19(13-15)27(32)33)26-24(30)22(29)20(21(28)14-7-3-2-4-8-14)23-16-9-5-6-10-17(16)25(31)35-23/h2-13,20,23,27,32H,1H3,(H,26,30). The van der Waals surface area contributed by atoms with E-state index >= 15 is 0 Å². The summed E-state index contributed by atoms with van der Waals surface area (Å²) in [6.07, 6.45) is -1.32. The van der Waals surface area contributed by atoms with Crippen molar-refractivity contribution in [2.75, 3.05) is 12.4 Å². The molecule has 0 saturated carbocycles. The van der Waals surface area contributed by atoms with Crippen LogP contribution in [0, 0.1) is 11.1 Å². The maximum absolute atomic E-state index is 13.4. The molecule has 0 aliphatic carbocycles. The van der Waals surface area contributed by atoms with E-state index in [9.17, 15) is 29.6 Å². The smallest absolute Gasteiger partial charge is 0.339 e. The number of ether oxygens (including phenoxy) is 2. The van der Waals surface area contributed by atoms with E-state index in [2.05, 4.69) is 5.32 Å². The van der Waals surface area contributed by atoms with Crippen LogP contribution in [0.15, 0.2) is 72.8 Å². The number of hydrogen-bond donors (Lipinski definition) is 3. The van der Waals surface area contributed by atoms with Gasteiger partial charge in [-0.15, -0.1) is 0 Å². The number of Topliss-reactive ketones (excluding diaryl/α,β-unsaturated/α-hetero) is 2. The number of carbonyl (C=O) groups excluding carboxylic acids is 4. The zero-order chi connectivity index (χ0) is 25.1. The molecule has 1 aliphatic heterocycles. The SMILES string of the molecule is COc1ccc(NC(=O)C(=O)C(C(=O)c2ccccc2)C2OC(=O)c3ccccc32)c([NH+]([O-])O)c1. The lowest BCUT2D eigenvalue weighted by molar-refractivity contribution is -0.990. The van der Waals surface area contributed by atoms with Crippen molar-refractivity contribution in [3.8, 4) is 5.75 Å². The van der Waals surface area contributed by atoms with Gasteiger partial charge in [0.15, 0.2) is 11.5 Å². The summed E-state index contributed by atoms with van der Waals surface area (Å²) in [5.74, 6) is -5.29. The second-order valence-corrected chi connectivity index (χ2v) is 7.66. The molecule has 10 heteroatoms. The number of carbonyl (C=O) groups is 4. The summed E-state index contributed by atoms with van der Waals surface area (Å²) in [6, 6.07) is 18.0. The highest BCUT2D eigenvalue weighted by Crippen LogP contribution is 2.38. The maximum Gasteiger partial charge on any atom is 0.339 e. The molecule has 0 spiro atoms. The fraction of sp³-hybridized carbons (Fsp3) is 0.120. The Morgan fingerprint density at radius 2 is 1.74 bits per heavy atom. The molecule has 4 rings (SSSR count). The second-order valence-electron chi connectivity index (χ2n) is 7.66. The number of hydrogen-bond acceptors (Lipinski definition) is 8. The highest BCUT2D eigenvalue weighted by molar-refractivity contribution is 6.45. The topological polar surface area (TPSA) is 146 Å². The minimum atomic E-state index is -1.68. The number of esters is 1.